The predicted octanol–water partition coefficient (Wildman–Crippen LogP) is 3.71. The van der Waals surface area contributed by atoms with Crippen LogP contribution < -0.4 is 61.0 Å². The summed E-state index contributed by atoms with van der Waals surface area (Å²) in [6, 6.07) is 9.34. The van der Waals surface area contributed by atoms with E-state index in [1.807, 2.05) is 56.3 Å². The molecule has 21 N–H and O–H groups in total. The maximum atomic E-state index is 14.7. The van der Waals surface area contributed by atoms with Gasteiger partial charge >= 0.3 is 40.8 Å². The number of aromatic amines is 2. The van der Waals surface area contributed by atoms with Gasteiger partial charge in [-0.2, -0.15) is 9.97 Å². The summed E-state index contributed by atoms with van der Waals surface area (Å²) in [5, 5.41) is 70.2. The highest BCUT2D eigenvalue weighted by Crippen LogP contribution is 2.55. The molecule has 18 atom stereocenters. The van der Waals surface area contributed by atoms with E-state index in [0.29, 0.717) is 38.9 Å². The van der Waals surface area contributed by atoms with E-state index in [9.17, 15) is 102 Å². The first kappa shape index (κ1) is 119. The third kappa shape index (κ3) is 36.2. The Morgan fingerprint density at radius 3 is 1.57 bits per heavy atom. The lowest BCUT2D eigenvalue weighted by atomic mass is 9.82. The molecule has 6 unspecified atom stereocenters. The van der Waals surface area contributed by atoms with Crippen molar-refractivity contribution >= 4 is 92.7 Å². The Bertz CT molecular complexity index is 6380. The number of hydrogen-bond donors (Lipinski definition) is 18. The number of nitrogens with zero attached hydrogens (tertiary/aromatic N) is 9. The lowest BCUT2D eigenvalue weighted by Gasteiger charge is -2.26. The molecule has 0 bridgehead atoms. The van der Waals surface area contributed by atoms with Crippen LogP contribution in [0.15, 0.2) is 80.6 Å². The molecule has 819 valence electrons. The summed E-state index contributed by atoms with van der Waals surface area (Å²) in [5.41, 5.74) is 15.7. The van der Waals surface area contributed by atoms with E-state index in [0.717, 1.165) is 130 Å². The van der Waals surface area contributed by atoms with Gasteiger partial charge in [-0.15, -0.1) is 0 Å². The molecule has 0 saturated carbocycles. The number of carbonyl (C=O) groups excluding carboxylic acids is 4. The van der Waals surface area contributed by atoms with Crippen LogP contribution in [0.1, 0.15) is 220 Å². The van der Waals surface area contributed by atoms with Gasteiger partial charge in [-0.05, 0) is 58.2 Å². The van der Waals surface area contributed by atoms with Gasteiger partial charge in [0.1, 0.15) is 130 Å². The fourth-order valence-electron chi connectivity index (χ4n) is 17.8. The number of rotatable bonds is 59. The number of unbranched alkanes of at least 4 members (excludes halogenated alkanes) is 15. The van der Waals surface area contributed by atoms with Crippen LogP contribution in [0.5, 0.6) is 0 Å². The zero-order chi connectivity index (χ0) is 108. The number of aromatic nitrogens is 10. The molecule has 7 aromatic rings. The summed E-state index contributed by atoms with van der Waals surface area (Å²) in [5.74, 6) is 14.4. The monoisotopic (exact) mass is 2160 g/mol. The molecule has 0 spiro atoms. The highest BCUT2D eigenvalue weighted by Gasteiger charge is 2.50. The number of nitrogens with two attached hydrogens (primary N) is 3. The second kappa shape index (κ2) is 59.1. The van der Waals surface area contributed by atoms with Gasteiger partial charge in [-0.1, -0.05) is 181 Å². The van der Waals surface area contributed by atoms with Crippen molar-refractivity contribution < 1.29 is 134 Å². The van der Waals surface area contributed by atoms with Crippen LogP contribution in [0.25, 0.3) is 22.1 Å². The van der Waals surface area contributed by atoms with Gasteiger partial charge < -0.3 is 122 Å². The van der Waals surface area contributed by atoms with Gasteiger partial charge in [-0.3, -0.25) is 79.8 Å². The van der Waals surface area contributed by atoms with Crippen molar-refractivity contribution in [1.82, 2.24) is 74.3 Å². The van der Waals surface area contributed by atoms with E-state index in [-0.39, 0.29) is 131 Å². The van der Waals surface area contributed by atoms with Gasteiger partial charge in [0, 0.05) is 101 Å². The lowest BCUT2D eigenvalue weighted by Crippen LogP contribution is -2.41. The molecule has 6 aromatic heterocycles. The number of benzene rings is 1. The number of carboxylic acids is 1. The third-order valence-corrected chi connectivity index (χ3v) is 28.4. The number of ether oxygens (including phenoxy) is 5. The summed E-state index contributed by atoms with van der Waals surface area (Å²) in [6.45, 7) is -2.43. The number of fused-ring (bicyclic) bond motifs is 2. The number of phosphoric ester groups is 3. The molecule has 0 aliphatic carbocycles. The summed E-state index contributed by atoms with van der Waals surface area (Å²) in [4.78, 5) is 177. The molecule has 53 heteroatoms. The molecule has 4 aliphatic rings. The van der Waals surface area contributed by atoms with Gasteiger partial charge in [0.2, 0.25) is 29.6 Å². The van der Waals surface area contributed by atoms with E-state index in [1.165, 1.54) is 27.9 Å². The fraction of sp³-hybridized carbons (Fsp3) is 0.588. The zero-order valence-corrected chi connectivity index (χ0v) is 86.3. The Hall–Kier alpha value is -11.3. The number of phosphoric acid groups is 3. The number of nitrogens with one attached hydrogen (secondary N) is 6. The molecule has 11 rings (SSSR count). The van der Waals surface area contributed by atoms with Crippen LogP contribution in [0, 0.1) is 71.5 Å². The van der Waals surface area contributed by atoms with Gasteiger partial charge in [0.15, 0.2) is 5.65 Å². The molecule has 4 amide bonds. The number of aliphatic hydroxyl groups excluding tert-OH is 5. The average molecular weight is 2160 g/mol. The molecule has 4 saturated heterocycles. The van der Waals surface area contributed by atoms with E-state index >= 15 is 0 Å². The molecule has 1 radical (unpaired) electrons. The van der Waals surface area contributed by atoms with E-state index in [4.69, 9.17) is 68.0 Å². The minimum Gasteiger partial charge on any atom is -0.480 e. The SMILES string of the molecule is CCCCNC(=O)[CH]CC(CC(CC(CCCCCCCCCCCCCCCCCOC[C@H]1O[C@@H](n2cc(C#CCO)c3c(=O)[nH]c(N)nc32)C[C@H]1OP(=O)(O)OC[C@H]1O[C@@H](n2cc(C#CCO)c3c(N)ncnc32)C[C@H]1OP(=O)(O)OC[C@H]1O[C@@H](n2cc(C#CCO)c(N)nc2=O)C[C@H]1OP(=O)(O)OC[C@H]1O[C@@H](n2cc(C#CCO)c(=O)[nH]c2=O)C[C@H]1O)C(=O)NCC(=O)O)C(=O)NCCN(C)C)C(=O)NCc1ccccc1. The molecule has 10 heterocycles. The van der Waals surface area contributed by atoms with Crippen molar-refractivity contribution in [2.75, 3.05) is 117 Å². The highest BCUT2D eigenvalue weighted by atomic mass is 31.2. The average Bonchev–Trinajstić information content (AvgIpc) is 1.60. The molecule has 4 fully saturated rings. The number of aliphatic hydroxyl groups is 5. The number of aliphatic carboxylic acids is 1. The third-order valence-electron chi connectivity index (χ3n) is 25.4. The lowest BCUT2D eigenvalue weighted by molar-refractivity contribution is -0.139. The Kier molecular flexibility index (Phi) is 46.8. The number of amides is 4. The molecular formula is C97H134N18O32P3. The summed E-state index contributed by atoms with van der Waals surface area (Å²) >= 11 is 0. The smallest absolute Gasteiger partial charge is 0.472 e. The van der Waals surface area contributed by atoms with Gasteiger partial charge in [-0.25, -0.2) is 33.3 Å². The Morgan fingerprint density at radius 1 is 0.527 bits per heavy atom. The van der Waals surface area contributed by atoms with Crippen molar-refractivity contribution in [3.63, 3.8) is 0 Å². The van der Waals surface area contributed by atoms with Gasteiger partial charge in [0.25, 0.3) is 11.1 Å². The number of likely N-dealkylation sites (N-methyl/N-ethyl adjacent to an activating group) is 1. The van der Waals surface area contributed by atoms with Crippen molar-refractivity contribution in [3.8, 4) is 47.4 Å². The first-order valence-electron chi connectivity index (χ1n) is 49.8. The number of carboxylic acid groups (broad SMARTS) is 1. The minimum absolute atomic E-state index is 0.00330. The maximum Gasteiger partial charge on any atom is 0.472 e. The first-order chi connectivity index (χ1) is 72.0. The van der Waals surface area contributed by atoms with E-state index in [1.54, 1.807) is 0 Å². The topological polar surface area (TPSA) is 721 Å². The predicted molar refractivity (Wildman–Crippen MR) is 541 cm³/mol. The second-order valence-corrected chi connectivity index (χ2v) is 41.0. The highest BCUT2D eigenvalue weighted by molar-refractivity contribution is 7.48. The maximum absolute atomic E-state index is 14.7. The number of hydrogen-bond acceptors (Lipinski definition) is 36. The summed E-state index contributed by atoms with van der Waals surface area (Å²) < 4.78 is 113. The van der Waals surface area contributed by atoms with Crippen molar-refractivity contribution in [1.29, 1.82) is 0 Å². The number of nitrogen functional groups attached to an aromatic ring is 3. The van der Waals surface area contributed by atoms with Crippen LogP contribution in [0.3, 0.4) is 0 Å². The van der Waals surface area contributed by atoms with Crippen molar-refractivity contribution in [2.45, 2.75) is 248 Å². The molecular weight excluding hydrogens is 2020 g/mol. The zero-order valence-electron chi connectivity index (χ0n) is 83.6. The van der Waals surface area contributed by atoms with Crippen LogP contribution in [0.4, 0.5) is 17.6 Å². The van der Waals surface area contributed by atoms with Crippen LogP contribution in [-0.2, 0) is 95.0 Å². The standard InChI is InChI=1S/C97H134N18O32P3/c1-4-5-37-101-78(121)36-35-64(91(125)103-51-62-28-20-19-21-29-62)46-69(92(126)102-38-39-111(2)3)45-63(90(124)104-52-83(122)123)30-22-17-15-13-11-9-7-6-8-10-12-14-16-18-23-44-137-57-75-71(48-81(142-75)113-54-66(32-25-41-117)85-89(113)108-95(100)109-94(85)128)145-149(133,134)139-59-76-72(49-80(143-76)112-53-65(31-24-40-116)84-87(99)105-61-106-88(84)112)146-150(135,136)140-60-77-73(50-82(144-77)114-55-67(33-26-42-118)86(98)107-96(114)129)147-148(131,132)138-58-74-70(120)47-79(141-74)115-56-68(34-27-43-119)93(127)110-97(115)130/h19-21,28-29,36,53-56,61,63-64,69-77,79-82,116-120H,4-18,22-23,30,35,37-52,57-60H2,1-3H3,(H,101,121)(H,102,126)(H,103,125)(H,104,124)(H,122,123)(H,131,132)(H,133,134)(H,135,136)(H2,98,107,129)(H2,99,105,106)(H,110,127,130)(H3,100,108,109,128)/t63?,64?,69?,70-,71-,72-,73-,74-,75-,76-,77-,79-,80-,81-,82-/m1/s1. The number of H-pyrrole nitrogens is 2. The quantitative estimate of drug-likeness (QED) is 0.0147. The van der Waals surface area contributed by atoms with E-state index < -0.39 is 215 Å². The first-order valence-corrected chi connectivity index (χ1v) is 54.3. The van der Waals surface area contributed by atoms with Crippen molar-refractivity contribution in [3.05, 3.63) is 137 Å². The second-order valence-electron chi connectivity index (χ2n) is 36.8. The van der Waals surface area contributed by atoms with Gasteiger partial charge in [0.05, 0.1) is 66.4 Å². The van der Waals surface area contributed by atoms with Crippen molar-refractivity contribution in [2.24, 2.45) is 17.8 Å². The Labute approximate surface area is 863 Å². The number of carbonyl (C=O) groups is 5. The Balaban J connectivity index is 0.689. The normalized spacial score (nSPS) is 21.3. The summed E-state index contributed by atoms with van der Waals surface area (Å²) in [6.07, 6.45) is 4.59. The van der Waals surface area contributed by atoms with Crippen LogP contribution in [-0.4, -0.2) is 277 Å². The van der Waals surface area contributed by atoms with Crippen LogP contribution in [0.2, 0.25) is 0 Å². The number of anilines is 3. The Morgan fingerprint density at radius 2 is 1.01 bits per heavy atom. The molecule has 50 nitrogen and oxygen atoms in total. The van der Waals surface area contributed by atoms with Crippen LogP contribution >= 0.6 is 23.5 Å². The summed E-state index contributed by atoms with van der Waals surface area (Å²) in [7, 11) is -12.7. The molecule has 4 aliphatic heterocycles. The largest absolute Gasteiger partial charge is 0.480 e. The van der Waals surface area contributed by atoms with E-state index in [2.05, 4.69) is 98.5 Å². The minimum atomic E-state index is -5.59. The molecule has 1 aromatic carbocycles. The fourth-order valence-corrected chi connectivity index (χ4v) is 20.7. The molecule has 150 heavy (non-hydrogen) atoms.